The highest BCUT2D eigenvalue weighted by molar-refractivity contribution is 5.31. The second-order valence-electron chi connectivity index (χ2n) is 7.11. The molecule has 2 aliphatic rings. The van der Waals surface area contributed by atoms with E-state index in [1.54, 1.807) is 0 Å². The molecule has 0 saturated carbocycles. The first-order valence-corrected chi connectivity index (χ1v) is 9.37. The lowest BCUT2D eigenvalue weighted by atomic mass is 9.97. The van der Waals surface area contributed by atoms with Crippen molar-refractivity contribution >= 4 is 0 Å². The summed E-state index contributed by atoms with van der Waals surface area (Å²) in [6.07, 6.45) is 5.11. The molecule has 0 amide bonds. The zero-order chi connectivity index (χ0) is 17.1. The topological polar surface area (TPSA) is 28.6 Å². The summed E-state index contributed by atoms with van der Waals surface area (Å²) >= 11 is 0. The SMILES string of the molecule is C[C@@H](c1cccnc1)N1CCN(C[C@H]2OCCc3ccccc32)CC1. The van der Waals surface area contributed by atoms with Crippen molar-refractivity contribution in [3.8, 4) is 0 Å². The van der Waals surface area contributed by atoms with Gasteiger partial charge in [-0.2, -0.15) is 0 Å². The van der Waals surface area contributed by atoms with E-state index in [4.69, 9.17) is 4.74 Å². The van der Waals surface area contributed by atoms with E-state index in [0.717, 1.165) is 45.8 Å². The second-order valence-corrected chi connectivity index (χ2v) is 7.11. The van der Waals surface area contributed by atoms with Crippen LogP contribution in [0.4, 0.5) is 0 Å². The lowest BCUT2D eigenvalue weighted by molar-refractivity contribution is 0.000931. The summed E-state index contributed by atoms with van der Waals surface area (Å²) < 4.78 is 6.09. The van der Waals surface area contributed by atoms with Crippen LogP contribution in [0.2, 0.25) is 0 Å². The Labute approximate surface area is 150 Å². The van der Waals surface area contributed by atoms with Crippen molar-refractivity contribution in [2.75, 3.05) is 39.3 Å². The van der Waals surface area contributed by atoms with E-state index in [9.17, 15) is 0 Å². The van der Waals surface area contributed by atoms with Gasteiger partial charge in [-0.15, -0.1) is 0 Å². The van der Waals surface area contributed by atoms with Gasteiger partial charge in [-0.25, -0.2) is 0 Å². The number of hydrogen-bond donors (Lipinski definition) is 0. The largest absolute Gasteiger partial charge is 0.372 e. The average Bonchev–Trinajstić information content (AvgIpc) is 2.69. The van der Waals surface area contributed by atoms with Crippen LogP contribution in [0.3, 0.4) is 0 Å². The van der Waals surface area contributed by atoms with Crippen molar-refractivity contribution in [2.45, 2.75) is 25.5 Å². The predicted octanol–water partition coefficient (Wildman–Crippen LogP) is 3.07. The van der Waals surface area contributed by atoms with Crippen LogP contribution in [0.15, 0.2) is 48.8 Å². The number of fused-ring (bicyclic) bond motifs is 1. The fourth-order valence-corrected chi connectivity index (χ4v) is 4.03. The van der Waals surface area contributed by atoms with E-state index in [1.807, 2.05) is 18.5 Å². The van der Waals surface area contributed by atoms with Gasteiger partial charge in [-0.1, -0.05) is 30.3 Å². The fraction of sp³-hybridized carbons (Fsp3) is 0.476. The summed E-state index contributed by atoms with van der Waals surface area (Å²) in [5.41, 5.74) is 4.16. The minimum Gasteiger partial charge on any atom is -0.372 e. The van der Waals surface area contributed by atoms with Gasteiger partial charge in [0.05, 0.1) is 12.7 Å². The maximum atomic E-state index is 6.09. The lowest BCUT2D eigenvalue weighted by Crippen LogP contribution is -2.48. The summed E-state index contributed by atoms with van der Waals surface area (Å²) in [6, 6.07) is 13.4. The van der Waals surface area contributed by atoms with E-state index in [2.05, 4.69) is 52.0 Å². The van der Waals surface area contributed by atoms with Gasteiger partial charge in [0.2, 0.25) is 0 Å². The minimum absolute atomic E-state index is 0.229. The molecule has 0 radical (unpaired) electrons. The van der Waals surface area contributed by atoms with Gasteiger partial charge >= 0.3 is 0 Å². The standard InChI is InChI=1S/C21H27N3O/c1-17(19-6-4-9-22-15-19)24-12-10-23(11-13-24)16-21-20-7-3-2-5-18(20)8-14-25-21/h2-7,9,15,17,21H,8,10-14,16H2,1H3/t17-,21+/m0/s1. The van der Waals surface area contributed by atoms with Gasteiger partial charge < -0.3 is 4.74 Å². The van der Waals surface area contributed by atoms with Crippen molar-refractivity contribution in [3.05, 3.63) is 65.5 Å². The molecule has 1 saturated heterocycles. The molecule has 4 nitrogen and oxygen atoms in total. The molecule has 25 heavy (non-hydrogen) atoms. The van der Waals surface area contributed by atoms with Crippen LogP contribution in [0, 0.1) is 0 Å². The van der Waals surface area contributed by atoms with Crippen LogP contribution in [0.25, 0.3) is 0 Å². The third-order valence-electron chi connectivity index (χ3n) is 5.64. The number of piperazine rings is 1. The zero-order valence-corrected chi connectivity index (χ0v) is 15.0. The molecule has 3 heterocycles. The van der Waals surface area contributed by atoms with E-state index >= 15 is 0 Å². The first-order chi connectivity index (χ1) is 12.3. The van der Waals surface area contributed by atoms with Gasteiger partial charge in [0, 0.05) is 51.2 Å². The molecule has 0 unspecified atom stereocenters. The quantitative estimate of drug-likeness (QED) is 0.857. The van der Waals surface area contributed by atoms with E-state index in [1.165, 1.54) is 16.7 Å². The Bertz CT molecular complexity index is 683. The molecule has 4 rings (SSSR count). The Kier molecular flexibility index (Phi) is 5.11. The number of ether oxygens (including phenoxy) is 1. The molecule has 4 heteroatoms. The summed E-state index contributed by atoms with van der Waals surface area (Å²) in [5, 5.41) is 0. The highest BCUT2D eigenvalue weighted by Crippen LogP contribution is 2.28. The Morgan fingerprint density at radius 1 is 1.12 bits per heavy atom. The third-order valence-corrected chi connectivity index (χ3v) is 5.64. The highest BCUT2D eigenvalue weighted by Gasteiger charge is 2.26. The number of benzene rings is 1. The summed E-state index contributed by atoms with van der Waals surface area (Å²) in [5.74, 6) is 0. The van der Waals surface area contributed by atoms with Gasteiger partial charge in [-0.05, 0) is 36.1 Å². The van der Waals surface area contributed by atoms with Crippen molar-refractivity contribution in [1.82, 2.24) is 14.8 Å². The van der Waals surface area contributed by atoms with Crippen LogP contribution in [-0.2, 0) is 11.2 Å². The molecule has 1 fully saturated rings. The molecular formula is C21H27N3O. The van der Waals surface area contributed by atoms with Crippen LogP contribution >= 0.6 is 0 Å². The normalized spacial score (nSPS) is 23.2. The van der Waals surface area contributed by atoms with Crippen LogP contribution < -0.4 is 0 Å². The molecule has 2 aliphatic heterocycles. The highest BCUT2D eigenvalue weighted by atomic mass is 16.5. The Morgan fingerprint density at radius 3 is 2.76 bits per heavy atom. The number of aromatic nitrogens is 1. The summed E-state index contributed by atoms with van der Waals surface area (Å²) in [6.45, 7) is 8.55. The fourth-order valence-electron chi connectivity index (χ4n) is 4.03. The monoisotopic (exact) mass is 337 g/mol. The molecule has 0 aliphatic carbocycles. The first kappa shape index (κ1) is 16.7. The Morgan fingerprint density at radius 2 is 1.96 bits per heavy atom. The van der Waals surface area contributed by atoms with Crippen LogP contribution in [-0.4, -0.2) is 54.1 Å². The minimum atomic E-state index is 0.229. The van der Waals surface area contributed by atoms with Crippen LogP contribution in [0.5, 0.6) is 0 Å². The van der Waals surface area contributed by atoms with Crippen LogP contribution in [0.1, 0.15) is 35.8 Å². The maximum Gasteiger partial charge on any atom is 0.0954 e. The molecule has 2 aromatic rings. The number of rotatable bonds is 4. The van der Waals surface area contributed by atoms with Crippen molar-refractivity contribution < 1.29 is 4.74 Å². The lowest BCUT2D eigenvalue weighted by Gasteiger charge is -2.40. The number of pyridine rings is 1. The molecule has 2 atom stereocenters. The third kappa shape index (κ3) is 3.76. The van der Waals surface area contributed by atoms with E-state index in [0.29, 0.717) is 6.04 Å². The molecule has 1 aromatic carbocycles. The molecule has 0 bridgehead atoms. The van der Waals surface area contributed by atoms with E-state index in [-0.39, 0.29) is 6.10 Å². The molecule has 1 aromatic heterocycles. The predicted molar refractivity (Wildman–Crippen MR) is 99.5 cm³/mol. The van der Waals surface area contributed by atoms with Crippen molar-refractivity contribution in [3.63, 3.8) is 0 Å². The summed E-state index contributed by atoms with van der Waals surface area (Å²) in [4.78, 5) is 9.37. The number of nitrogens with zero attached hydrogens (tertiary/aromatic N) is 3. The first-order valence-electron chi connectivity index (χ1n) is 9.37. The number of hydrogen-bond acceptors (Lipinski definition) is 4. The Hall–Kier alpha value is -1.75. The van der Waals surface area contributed by atoms with Gasteiger partial charge in [0.25, 0.3) is 0 Å². The molecular weight excluding hydrogens is 310 g/mol. The molecule has 132 valence electrons. The van der Waals surface area contributed by atoms with Crippen molar-refractivity contribution in [2.24, 2.45) is 0 Å². The second kappa shape index (κ2) is 7.65. The molecule has 0 N–H and O–H groups in total. The molecule has 0 spiro atoms. The van der Waals surface area contributed by atoms with Crippen molar-refractivity contribution in [1.29, 1.82) is 0 Å². The summed E-state index contributed by atoms with van der Waals surface area (Å²) in [7, 11) is 0. The average molecular weight is 337 g/mol. The van der Waals surface area contributed by atoms with E-state index < -0.39 is 0 Å². The van der Waals surface area contributed by atoms with Gasteiger partial charge in [0.15, 0.2) is 0 Å². The smallest absolute Gasteiger partial charge is 0.0954 e. The van der Waals surface area contributed by atoms with Gasteiger partial charge in [-0.3, -0.25) is 14.8 Å². The maximum absolute atomic E-state index is 6.09. The zero-order valence-electron chi connectivity index (χ0n) is 15.0. The Balaban J connectivity index is 1.34. The van der Waals surface area contributed by atoms with Gasteiger partial charge in [0.1, 0.15) is 0 Å².